The first-order valence-corrected chi connectivity index (χ1v) is 10.8. The summed E-state index contributed by atoms with van der Waals surface area (Å²) in [4.78, 5) is 27.8. The van der Waals surface area contributed by atoms with Crippen molar-refractivity contribution in [1.29, 1.82) is 0 Å². The van der Waals surface area contributed by atoms with E-state index in [-0.39, 0.29) is 47.9 Å². The number of piperidine rings is 1. The van der Waals surface area contributed by atoms with Crippen molar-refractivity contribution in [3.8, 4) is 0 Å². The molecule has 2 aromatic carbocycles. The molecule has 5 rings (SSSR count). The third kappa shape index (κ3) is 3.16. The smallest absolute Gasteiger partial charge is 0.411 e. The quantitative estimate of drug-likeness (QED) is 0.722. The number of benzene rings is 2. The first kappa shape index (κ1) is 19.9. The second kappa shape index (κ2) is 7.01. The molecule has 0 spiro atoms. The van der Waals surface area contributed by atoms with Crippen molar-refractivity contribution in [2.75, 3.05) is 12.4 Å². The van der Waals surface area contributed by atoms with E-state index in [9.17, 15) is 9.59 Å². The number of ether oxygens (including phenoxy) is 2. The largest absolute Gasteiger partial charge is 0.469 e. The molecule has 2 fully saturated rings. The number of carbonyl (C=O) groups excluding carboxylic acids is 2. The monoisotopic (exact) mass is 420 g/mol. The first-order chi connectivity index (χ1) is 14.8. The van der Waals surface area contributed by atoms with Crippen LogP contribution in [0.15, 0.2) is 54.6 Å². The average molecular weight is 421 g/mol. The van der Waals surface area contributed by atoms with Crippen LogP contribution in [0.25, 0.3) is 0 Å². The highest BCUT2D eigenvalue weighted by atomic mass is 16.6. The molecule has 0 bridgehead atoms. The molecule has 3 aliphatic rings. The number of carbonyl (C=O) groups is 2. The highest BCUT2D eigenvalue weighted by Gasteiger charge is 2.73. The van der Waals surface area contributed by atoms with Crippen molar-refractivity contribution < 1.29 is 19.1 Å². The van der Waals surface area contributed by atoms with Gasteiger partial charge in [-0.1, -0.05) is 48.5 Å². The molecule has 1 N–H and O–H groups in total. The van der Waals surface area contributed by atoms with Crippen LogP contribution in [0.2, 0.25) is 0 Å². The fraction of sp³-hybridized carbons (Fsp3) is 0.440. The molecule has 6 heteroatoms. The van der Waals surface area contributed by atoms with E-state index in [1.807, 2.05) is 56.0 Å². The van der Waals surface area contributed by atoms with Gasteiger partial charge in [-0.3, -0.25) is 9.69 Å². The Kier molecular flexibility index (Phi) is 4.50. The molecule has 1 aliphatic carbocycles. The maximum Gasteiger partial charge on any atom is 0.411 e. The Morgan fingerprint density at radius 1 is 0.968 bits per heavy atom. The van der Waals surface area contributed by atoms with Gasteiger partial charge in [0.15, 0.2) is 0 Å². The lowest BCUT2D eigenvalue weighted by Gasteiger charge is -2.43. The van der Waals surface area contributed by atoms with Gasteiger partial charge in [0.2, 0.25) is 0 Å². The van der Waals surface area contributed by atoms with Crippen LogP contribution >= 0.6 is 0 Å². The lowest BCUT2D eigenvalue weighted by atomic mass is 9.77. The Morgan fingerprint density at radius 2 is 1.65 bits per heavy atom. The molecule has 2 aliphatic heterocycles. The van der Waals surface area contributed by atoms with Gasteiger partial charge in [0.1, 0.15) is 5.60 Å². The number of nitrogens with one attached hydrogen (secondary N) is 1. The van der Waals surface area contributed by atoms with Crippen LogP contribution in [0.5, 0.6) is 0 Å². The summed E-state index contributed by atoms with van der Waals surface area (Å²) in [7, 11) is 1.41. The van der Waals surface area contributed by atoms with E-state index >= 15 is 0 Å². The summed E-state index contributed by atoms with van der Waals surface area (Å²) in [6.07, 6.45) is -0.370. The summed E-state index contributed by atoms with van der Waals surface area (Å²) < 4.78 is 10.9. The summed E-state index contributed by atoms with van der Waals surface area (Å²) in [6.45, 7) is 5.59. The molecular formula is C25H28N2O4. The van der Waals surface area contributed by atoms with Crippen molar-refractivity contribution in [3.05, 3.63) is 65.7 Å². The van der Waals surface area contributed by atoms with Gasteiger partial charge in [0.05, 0.1) is 31.2 Å². The van der Waals surface area contributed by atoms with E-state index in [0.29, 0.717) is 0 Å². The normalized spacial score (nSPS) is 30.4. The Morgan fingerprint density at radius 3 is 2.32 bits per heavy atom. The number of hydrogen-bond donors (Lipinski definition) is 1. The van der Waals surface area contributed by atoms with Crippen molar-refractivity contribution in [1.82, 2.24) is 4.90 Å². The summed E-state index contributed by atoms with van der Waals surface area (Å²) in [5.41, 5.74) is 2.61. The van der Waals surface area contributed by atoms with Gasteiger partial charge in [-0.2, -0.15) is 0 Å². The van der Waals surface area contributed by atoms with Gasteiger partial charge >= 0.3 is 12.1 Å². The summed E-state index contributed by atoms with van der Waals surface area (Å²) >= 11 is 0. The molecule has 6 nitrogen and oxygen atoms in total. The van der Waals surface area contributed by atoms with Crippen LogP contribution in [0.4, 0.5) is 10.5 Å². The van der Waals surface area contributed by atoms with E-state index in [0.717, 1.165) is 16.8 Å². The number of esters is 1. The fourth-order valence-electron chi connectivity index (χ4n) is 5.58. The second-order valence-electron chi connectivity index (χ2n) is 9.65. The van der Waals surface area contributed by atoms with Crippen molar-refractivity contribution >= 4 is 17.7 Å². The number of anilines is 1. The minimum atomic E-state index is -0.619. The maximum absolute atomic E-state index is 13.4. The number of fused-ring (bicyclic) bond motifs is 5. The summed E-state index contributed by atoms with van der Waals surface area (Å²) in [5, 5.41) is 3.70. The maximum atomic E-state index is 13.4. The third-order valence-electron chi connectivity index (χ3n) is 6.68. The molecule has 31 heavy (non-hydrogen) atoms. The Labute approximate surface area is 182 Å². The van der Waals surface area contributed by atoms with Crippen LogP contribution in [-0.4, -0.2) is 35.7 Å². The fourth-order valence-corrected chi connectivity index (χ4v) is 5.58. The second-order valence-corrected chi connectivity index (χ2v) is 9.65. The number of amides is 1. The van der Waals surface area contributed by atoms with Gasteiger partial charge in [-0.05, 0) is 38.0 Å². The summed E-state index contributed by atoms with van der Waals surface area (Å²) in [5.74, 6) is -0.514. The number of para-hydroxylation sites is 1. The van der Waals surface area contributed by atoms with Crippen LogP contribution < -0.4 is 5.32 Å². The van der Waals surface area contributed by atoms with Gasteiger partial charge in [0.25, 0.3) is 0 Å². The van der Waals surface area contributed by atoms with Crippen LogP contribution in [-0.2, 0) is 14.3 Å². The number of rotatable bonds is 2. The van der Waals surface area contributed by atoms with Gasteiger partial charge in [-0.25, -0.2) is 4.79 Å². The average Bonchev–Trinajstić information content (AvgIpc) is 3.36. The molecule has 1 amide bonds. The molecule has 2 heterocycles. The van der Waals surface area contributed by atoms with Crippen LogP contribution in [0.1, 0.15) is 44.0 Å². The van der Waals surface area contributed by atoms with Crippen molar-refractivity contribution in [2.24, 2.45) is 17.8 Å². The molecule has 1 unspecified atom stereocenters. The standard InChI is InChI=1S/C25H28N2O4/c1-25(2,3)31-24(29)27-21-15-12-8-9-13-16(15)26-20(14-10-6-5-7-11-14)18(21)17-19(22(17)27)23(28)30-4/h5-13,17-22,26H,1-4H3/t17-,18-,19?,20+,21+,22-/m1/s1. The predicted octanol–water partition coefficient (Wildman–Crippen LogP) is 4.55. The first-order valence-electron chi connectivity index (χ1n) is 10.8. The van der Waals surface area contributed by atoms with E-state index in [1.165, 1.54) is 7.11 Å². The summed E-state index contributed by atoms with van der Waals surface area (Å²) in [6, 6.07) is 18.0. The minimum Gasteiger partial charge on any atom is -0.469 e. The van der Waals surface area contributed by atoms with E-state index in [2.05, 4.69) is 29.6 Å². The topological polar surface area (TPSA) is 67.9 Å². The SMILES string of the molecule is COC(=O)C1[C@H]2[C@@H]3[C@H](c4ccccc4)Nc4ccccc4[C@@H]3N(C(=O)OC(C)(C)C)[C@@H]12. The van der Waals surface area contributed by atoms with Crippen LogP contribution in [0.3, 0.4) is 0 Å². The highest BCUT2D eigenvalue weighted by molar-refractivity contribution is 5.82. The van der Waals surface area contributed by atoms with Gasteiger partial charge in [0, 0.05) is 17.5 Å². The van der Waals surface area contributed by atoms with Crippen LogP contribution in [0, 0.1) is 17.8 Å². The number of nitrogens with zero attached hydrogens (tertiary/aromatic N) is 1. The van der Waals surface area contributed by atoms with Gasteiger partial charge < -0.3 is 14.8 Å². The lowest BCUT2D eigenvalue weighted by molar-refractivity contribution is -0.143. The number of likely N-dealkylation sites (tertiary alicyclic amines) is 1. The van der Waals surface area contributed by atoms with Crippen molar-refractivity contribution in [2.45, 2.75) is 44.5 Å². The Hall–Kier alpha value is -3.02. The molecule has 0 aromatic heterocycles. The molecule has 1 saturated carbocycles. The Balaban J connectivity index is 1.62. The van der Waals surface area contributed by atoms with E-state index in [4.69, 9.17) is 9.47 Å². The van der Waals surface area contributed by atoms with Crippen molar-refractivity contribution in [3.63, 3.8) is 0 Å². The van der Waals surface area contributed by atoms with E-state index < -0.39 is 5.60 Å². The predicted molar refractivity (Wildman–Crippen MR) is 116 cm³/mol. The molecule has 2 aromatic rings. The molecule has 0 radical (unpaired) electrons. The van der Waals surface area contributed by atoms with Gasteiger partial charge in [-0.15, -0.1) is 0 Å². The molecule has 162 valence electrons. The zero-order valence-corrected chi connectivity index (χ0v) is 18.2. The highest BCUT2D eigenvalue weighted by Crippen LogP contribution is 2.67. The van der Waals surface area contributed by atoms with E-state index in [1.54, 1.807) is 0 Å². The molecule has 1 saturated heterocycles. The Bertz CT molecular complexity index is 1020. The minimum absolute atomic E-state index is 0.0179. The zero-order chi connectivity index (χ0) is 21.9. The molecular weight excluding hydrogens is 392 g/mol. The number of hydrogen-bond acceptors (Lipinski definition) is 5. The third-order valence-corrected chi connectivity index (χ3v) is 6.68. The zero-order valence-electron chi connectivity index (χ0n) is 18.2. The number of methoxy groups -OCH3 is 1. The lowest BCUT2D eigenvalue weighted by Crippen LogP contribution is -2.44. The molecule has 6 atom stereocenters.